The lowest BCUT2D eigenvalue weighted by Crippen LogP contribution is -3.00. The van der Waals surface area contributed by atoms with Gasteiger partial charge in [-0.15, -0.1) is 0 Å². The quantitative estimate of drug-likeness (QED) is 0.297. The van der Waals surface area contributed by atoms with Gasteiger partial charge in [0.05, 0.1) is 13.7 Å². The molecule has 0 spiro atoms. The summed E-state index contributed by atoms with van der Waals surface area (Å²) in [6.07, 6.45) is -3.12. The van der Waals surface area contributed by atoms with Gasteiger partial charge in [0.15, 0.2) is 5.82 Å². The number of hydrogen-bond acceptors (Lipinski definition) is 6. The number of ether oxygens (including phenoxy) is 1. The maximum absolute atomic E-state index is 11.9. The second-order valence-electron chi connectivity index (χ2n) is 4.22. The molecule has 1 fully saturated rings. The van der Waals surface area contributed by atoms with Gasteiger partial charge in [-0.2, -0.15) is 13.9 Å². The molecule has 0 radical (unpaired) electrons. The average Bonchev–Trinajstić information content (AvgIpc) is 2.64. The van der Waals surface area contributed by atoms with Crippen LogP contribution in [0.4, 0.5) is 5.82 Å². The summed E-state index contributed by atoms with van der Waals surface area (Å²) in [5.74, 6) is 0.267. The number of anilines is 1. The van der Waals surface area contributed by atoms with Gasteiger partial charge in [-0.25, -0.2) is 0 Å². The highest BCUT2D eigenvalue weighted by atomic mass is 127. The summed E-state index contributed by atoms with van der Waals surface area (Å²) in [5.41, 5.74) is 5.08. The number of nitrogen functional groups attached to an aromatic ring is 1. The molecule has 1 aromatic heterocycles. The molecule has 0 unspecified atom stereocenters. The Bertz CT molecular complexity index is 508. The highest BCUT2D eigenvalue weighted by Gasteiger charge is 2.46. The standard InChI is InChI=1S/C10H15N3O5.HI/c1-12-6(11)2-3-13(10(12)17)9-8(16)7(15)5(4-14)18-9;/h2-3,5,7-9,11,14-16H,4H2,1H3;1H/t5-,7-,8-,9-;/m1./s1. The van der Waals surface area contributed by atoms with E-state index in [0.717, 1.165) is 4.57 Å². The van der Waals surface area contributed by atoms with Crippen molar-refractivity contribution in [1.29, 1.82) is 0 Å². The van der Waals surface area contributed by atoms with Crippen LogP contribution in [0.5, 0.6) is 0 Å². The first-order chi connectivity index (χ1) is 8.47. The number of hydrogen-bond donors (Lipinski definition) is 4. The van der Waals surface area contributed by atoms with Gasteiger partial charge in [-0.3, -0.25) is 0 Å². The zero-order valence-electron chi connectivity index (χ0n) is 10.2. The minimum atomic E-state index is -1.29. The van der Waals surface area contributed by atoms with E-state index in [2.05, 4.69) is 0 Å². The fourth-order valence-corrected chi connectivity index (χ4v) is 1.92. The predicted octanol–water partition coefficient (Wildman–Crippen LogP) is -6.13. The lowest BCUT2D eigenvalue weighted by molar-refractivity contribution is -0.781. The maximum atomic E-state index is 11.9. The van der Waals surface area contributed by atoms with E-state index in [-0.39, 0.29) is 29.8 Å². The van der Waals surface area contributed by atoms with E-state index >= 15 is 0 Å². The van der Waals surface area contributed by atoms with Gasteiger partial charge in [0.25, 0.3) is 0 Å². The average molecular weight is 385 g/mol. The van der Waals surface area contributed by atoms with Crippen LogP contribution in [-0.2, 0) is 11.8 Å². The number of nitrogens with zero attached hydrogens (tertiary/aromatic N) is 2. The second-order valence-corrected chi connectivity index (χ2v) is 4.22. The molecule has 0 amide bonds. The zero-order valence-corrected chi connectivity index (χ0v) is 12.3. The molecule has 1 aromatic rings. The SMILES string of the molecule is Cn1c(N)cc[n+]([C@@H]2O[C@H](CO)[C@@H](O)[C@H]2O)c1=O.[I-]. The van der Waals surface area contributed by atoms with E-state index < -0.39 is 36.8 Å². The molecule has 4 atom stereocenters. The number of aliphatic hydroxyl groups is 3. The van der Waals surface area contributed by atoms with Gasteiger partial charge in [-0.1, -0.05) is 0 Å². The van der Waals surface area contributed by atoms with E-state index in [4.69, 9.17) is 15.6 Å². The van der Waals surface area contributed by atoms with Crippen LogP contribution in [0.3, 0.4) is 0 Å². The smallest absolute Gasteiger partial charge is 0.501 e. The van der Waals surface area contributed by atoms with Crippen molar-refractivity contribution in [1.82, 2.24) is 4.57 Å². The monoisotopic (exact) mass is 385 g/mol. The van der Waals surface area contributed by atoms with Gasteiger partial charge in [0.1, 0.15) is 24.5 Å². The largest absolute Gasteiger partial charge is 1.00 e. The number of aliphatic hydroxyl groups excluding tert-OH is 3. The third-order valence-electron chi connectivity index (χ3n) is 3.09. The van der Waals surface area contributed by atoms with Crippen molar-refractivity contribution in [2.45, 2.75) is 24.5 Å². The first-order valence-electron chi connectivity index (χ1n) is 5.46. The van der Waals surface area contributed by atoms with Gasteiger partial charge in [-0.05, 0) is 0 Å². The lowest BCUT2D eigenvalue weighted by atomic mass is 10.1. The number of halogens is 1. The fraction of sp³-hybridized carbons (Fsp3) is 0.600. The molecule has 2 rings (SSSR count). The molecular weight excluding hydrogens is 369 g/mol. The highest BCUT2D eigenvalue weighted by Crippen LogP contribution is 2.24. The highest BCUT2D eigenvalue weighted by molar-refractivity contribution is 5.24. The van der Waals surface area contributed by atoms with Crippen LogP contribution < -0.4 is 40.0 Å². The first-order valence-corrected chi connectivity index (χ1v) is 5.46. The first kappa shape index (κ1) is 16.3. The molecule has 1 saturated heterocycles. The van der Waals surface area contributed by atoms with Crippen molar-refractivity contribution in [3.63, 3.8) is 0 Å². The molecule has 108 valence electrons. The summed E-state index contributed by atoms with van der Waals surface area (Å²) in [4.78, 5) is 11.9. The number of nitrogens with two attached hydrogens (primary N) is 1. The van der Waals surface area contributed by atoms with Gasteiger partial charge in [0, 0.05) is 6.07 Å². The summed E-state index contributed by atoms with van der Waals surface area (Å²) in [6, 6.07) is 1.48. The third kappa shape index (κ3) is 2.74. The minimum absolute atomic E-state index is 0. The van der Waals surface area contributed by atoms with Crippen molar-refractivity contribution >= 4 is 5.82 Å². The zero-order chi connectivity index (χ0) is 13.4. The second kappa shape index (κ2) is 6.13. The topological polar surface area (TPSA) is 122 Å². The molecule has 0 bridgehead atoms. The Labute approximate surface area is 126 Å². The van der Waals surface area contributed by atoms with Crippen LogP contribution in [0.2, 0.25) is 0 Å². The predicted molar refractivity (Wildman–Crippen MR) is 59.3 cm³/mol. The molecule has 8 nitrogen and oxygen atoms in total. The summed E-state index contributed by atoms with van der Waals surface area (Å²) in [6.45, 7) is -0.440. The van der Waals surface area contributed by atoms with Crippen molar-refractivity contribution in [2.75, 3.05) is 12.3 Å². The van der Waals surface area contributed by atoms with Crippen molar-refractivity contribution < 1.29 is 48.6 Å². The normalized spacial score (nSPS) is 30.1. The minimum Gasteiger partial charge on any atom is -1.00 e. The molecule has 0 saturated carbocycles. The van der Waals surface area contributed by atoms with E-state index in [1.165, 1.54) is 23.9 Å². The van der Waals surface area contributed by atoms with Crippen LogP contribution in [0.25, 0.3) is 0 Å². The van der Waals surface area contributed by atoms with Gasteiger partial charge >= 0.3 is 5.69 Å². The number of aromatic nitrogens is 2. The van der Waals surface area contributed by atoms with E-state index in [1.54, 1.807) is 0 Å². The summed E-state index contributed by atoms with van der Waals surface area (Å²) >= 11 is 0. The summed E-state index contributed by atoms with van der Waals surface area (Å²) in [5, 5.41) is 28.4. The lowest BCUT2D eigenvalue weighted by Gasteiger charge is -2.12. The molecule has 9 heteroatoms. The number of rotatable bonds is 2. The Morgan fingerprint density at radius 2 is 2.11 bits per heavy atom. The maximum Gasteiger partial charge on any atom is 0.501 e. The fourth-order valence-electron chi connectivity index (χ4n) is 1.92. The molecule has 1 aliphatic rings. The van der Waals surface area contributed by atoms with Crippen LogP contribution in [-0.4, -0.2) is 44.8 Å². The van der Waals surface area contributed by atoms with Crippen molar-refractivity contribution in [2.24, 2.45) is 7.05 Å². The Kier molecular flexibility index (Phi) is 5.26. The van der Waals surface area contributed by atoms with Crippen molar-refractivity contribution in [3.8, 4) is 0 Å². The van der Waals surface area contributed by atoms with E-state index in [1.807, 2.05) is 0 Å². The molecule has 5 N–H and O–H groups in total. The Hall–Kier alpha value is -0.750. The third-order valence-corrected chi connectivity index (χ3v) is 3.09. The van der Waals surface area contributed by atoms with Crippen LogP contribution in [0.1, 0.15) is 6.23 Å². The van der Waals surface area contributed by atoms with E-state index in [9.17, 15) is 15.0 Å². The molecule has 2 heterocycles. The van der Waals surface area contributed by atoms with Gasteiger partial charge in [0.2, 0.25) is 6.23 Å². The molecule has 1 aliphatic heterocycles. The molecule has 19 heavy (non-hydrogen) atoms. The molecule has 0 aromatic carbocycles. The Morgan fingerprint density at radius 1 is 1.47 bits per heavy atom. The summed E-state index contributed by atoms with van der Waals surface area (Å²) in [7, 11) is 1.48. The van der Waals surface area contributed by atoms with E-state index in [0.29, 0.717) is 0 Å². The van der Waals surface area contributed by atoms with Crippen LogP contribution >= 0.6 is 0 Å². The van der Waals surface area contributed by atoms with Crippen LogP contribution in [0.15, 0.2) is 17.1 Å². The molecule has 0 aliphatic carbocycles. The van der Waals surface area contributed by atoms with Crippen molar-refractivity contribution in [3.05, 3.63) is 22.7 Å². The molecular formula is C10H16IN3O5. The Balaban J connectivity index is 0.00000180. The van der Waals surface area contributed by atoms with Crippen LogP contribution in [0, 0.1) is 0 Å². The van der Waals surface area contributed by atoms with Gasteiger partial charge < -0.3 is 49.8 Å². The Morgan fingerprint density at radius 3 is 2.63 bits per heavy atom. The summed E-state index contributed by atoms with van der Waals surface area (Å²) < 4.78 is 7.57.